The molecule has 3 rings (SSSR count). The molecule has 0 unspecified atom stereocenters. The lowest BCUT2D eigenvalue weighted by Gasteiger charge is -2.28. The van der Waals surface area contributed by atoms with Gasteiger partial charge in [0.15, 0.2) is 5.69 Å². The number of amides is 1. The van der Waals surface area contributed by atoms with Crippen LogP contribution in [0.25, 0.3) is 0 Å². The number of nitrogens with one attached hydrogen (secondary N) is 1. The zero-order valence-corrected chi connectivity index (χ0v) is 15.6. The first-order valence-corrected chi connectivity index (χ1v) is 10.1. The van der Waals surface area contributed by atoms with Gasteiger partial charge >= 0.3 is 0 Å². The Balaban J connectivity index is 1.88. The summed E-state index contributed by atoms with van der Waals surface area (Å²) in [6.45, 7) is 10.5. The van der Waals surface area contributed by atoms with Gasteiger partial charge in [-0.2, -0.15) is 16.9 Å². The normalized spacial score (nSPS) is 21.0. The smallest absolute Gasteiger partial charge is 0.274 e. The van der Waals surface area contributed by atoms with Crippen molar-refractivity contribution in [3.05, 3.63) is 29.6 Å². The van der Waals surface area contributed by atoms with Crippen molar-refractivity contribution in [1.82, 2.24) is 20.0 Å². The van der Waals surface area contributed by atoms with Gasteiger partial charge in [-0.1, -0.05) is 19.9 Å². The van der Waals surface area contributed by atoms with E-state index in [4.69, 9.17) is 0 Å². The van der Waals surface area contributed by atoms with Crippen LogP contribution in [0.15, 0.2) is 12.7 Å². The first-order chi connectivity index (χ1) is 11.6. The van der Waals surface area contributed by atoms with Crippen LogP contribution in [0.2, 0.25) is 0 Å². The molecule has 0 spiro atoms. The van der Waals surface area contributed by atoms with E-state index >= 15 is 0 Å². The van der Waals surface area contributed by atoms with Crippen molar-refractivity contribution in [2.45, 2.75) is 51.7 Å². The zero-order valence-electron chi connectivity index (χ0n) is 14.8. The maximum atomic E-state index is 13.0. The molecule has 0 aromatic carbocycles. The summed E-state index contributed by atoms with van der Waals surface area (Å²) in [5.74, 6) is 2.16. The Morgan fingerprint density at radius 3 is 2.88 bits per heavy atom. The summed E-state index contributed by atoms with van der Waals surface area (Å²) in [7, 11) is 0. The predicted octanol–water partition coefficient (Wildman–Crippen LogP) is 2.11. The number of hydrogen-bond acceptors (Lipinski definition) is 4. The average Bonchev–Trinajstić information content (AvgIpc) is 2.93. The third-order valence-electron chi connectivity index (χ3n) is 4.72. The molecular weight excluding hydrogens is 320 g/mol. The molecule has 1 amide bonds. The quantitative estimate of drug-likeness (QED) is 0.828. The third-order valence-corrected chi connectivity index (χ3v) is 5.66. The molecule has 0 bridgehead atoms. The SMILES string of the molecule is C=CCn1nc(C(=O)N2CCSCC2)c2c1CC[C@@H](NC(C)C)C2. The molecule has 5 nitrogen and oxygen atoms in total. The maximum Gasteiger partial charge on any atom is 0.274 e. The first kappa shape index (κ1) is 17.5. The molecule has 6 heteroatoms. The Bertz CT molecular complexity index is 604. The molecule has 2 heterocycles. The average molecular weight is 349 g/mol. The van der Waals surface area contributed by atoms with Crippen molar-refractivity contribution in [1.29, 1.82) is 0 Å². The van der Waals surface area contributed by atoms with E-state index in [9.17, 15) is 4.79 Å². The van der Waals surface area contributed by atoms with Crippen molar-refractivity contribution < 1.29 is 4.79 Å². The van der Waals surface area contributed by atoms with Gasteiger partial charge in [0.2, 0.25) is 0 Å². The molecule has 132 valence electrons. The number of fused-ring (bicyclic) bond motifs is 1. The number of hydrogen-bond donors (Lipinski definition) is 1. The van der Waals surface area contributed by atoms with Gasteiger partial charge in [0, 0.05) is 47.9 Å². The highest BCUT2D eigenvalue weighted by Crippen LogP contribution is 2.27. The van der Waals surface area contributed by atoms with Gasteiger partial charge in [-0.05, 0) is 19.3 Å². The van der Waals surface area contributed by atoms with E-state index in [0.717, 1.165) is 49.4 Å². The van der Waals surface area contributed by atoms with Crippen LogP contribution in [0, 0.1) is 0 Å². The number of aromatic nitrogens is 2. The predicted molar refractivity (Wildman–Crippen MR) is 99.7 cm³/mol. The Morgan fingerprint density at radius 1 is 1.46 bits per heavy atom. The highest BCUT2D eigenvalue weighted by atomic mass is 32.2. The first-order valence-electron chi connectivity index (χ1n) is 8.92. The highest BCUT2D eigenvalue weighted by Gasteiger charge is 2.31. The number of rotatable bonds is 5. The van der Waals surface area contributed by atoms with Crippen molar-refractivity contribution in [2.75, 3.05) is 24.6 Å². The van der Waals surface area contributed by atoms with Crippen molar-refractivity contribution in [3.8, 4) is 0 Å². The maximum absolute atomic E-state index is 13.0. The standard InChI is InChI=1S/C18H28N4OS/c1-4-7-22-16-6-5-14(19-13(2)3)12-15(16)17(20-22)18(23)21-8-10-24-11-9-21/h4,13-14,19H,1,5-12H2,2-3H3/t14-/m1/s1. The Kier molecular flexibility index (Phi) is 5.66. The Morgan fingerprint density at radius 2 is 2.21 bits per heavy atom. The lowest BCUT2D eigenvalue weighted by Crippen LogP contribution is -2.41. The van der Waals surface area contributed by atoms with Crippen LogP contribution in [-0.2, 0) is 19.4 Å². The molecule has 1 atom stereocenters. The minimum absolute atomic E-state index is 0.111. The molecule has 1 N–H and O–H groups in total. The van der Waals surface area contributed by atoms with E-state index in [1.165, 1.54) is 5.69 Å². The lowest BCUT2D eigenvalue weighted by molar-refractivity contribution is 0.0764. The fourth-order valence-corrected chi connectivity index (χ4v) is 4.57. The van der Waals surface area contributed by atoms with E-state index in [1.54, 1.807) is 0 Å². The molecule has 2 aliphatic rings. The van der Waals surface area contributed by atoms with Crippen LogP contribution in [-0.4, -0.2) is 57.3 Å². The molecule has 24 heavy (non-hydrogen) atoms. The summed E-state index contributed by atoms with van der Waals surface area (Å²) >= 11 is 1.92. The summed E-state index contributed by atoms with van der Waals surface area (Å²) in [5.41, 5.74) is 3.06. The summed E-state index contributed by atoms with van der Waals surface area (Å²) < 4.78 is 1.99. The molecule has 1 saturated heterocycles. The number of allylic oxidation sites excluding steroid dienone is 1. The number of nitrogens with zero attached hydrogens (tertiary/aromatic N) is 3. The molecule has 1 aromatic rings. The Hall–Kier alpha value is -1.27. The van der Waals surface area contributed by atoms with Gasteiger partial charge in [0.1, 0.15) is 0 Å². The highest BCUT2D eigenvalue weighted by molar-refractivity contribution is 7.99. The van der Waals surface area contributed by atoms with Crippen LogP contribution >= 0.6 is 11.8 Å². The molecule has 1 aliphatic carbocycles. The molecule has 1 aliphatic heterocycles. The number of thioether (sulfide) groups is 1. The van der Waals surface area contributed by atoms with Crippen LogP contribution < -0.4 is 5.32 Å². The van der Waals surface area contributed by atoms with E-state index in [0.29, 0.717) is 24.3 Å². The van der Waals surface area contributed by atoms with Gasteiger partial charge in [-0.3, -0.25) is 9.48 Å². The molecule has 1 fully saturated rings. The third kappa shape index (κ3) is 3.70. The molecule has 0 radical (unpaired) electrons. The molecule has 1 aromatic heterocycles. The van der Waals surface area contributed by atoms with E-state index in [-0.39, 0.29) is 5.91 Å². The zero-order chi connectivity index (χ0) is 17.1. The summed E-state index contributed by atoms with van der Waals surface area (Å²) in [4.78, 5) is 15.0. The van der Waals surface area contributed by atoms with E-state index in [2.05, 4.69) is 30.8 Å². The summed E-state index contributed by atoms with van der Waals surface area (Å²) in [5, 5.41) is 8.31. The lowest BCUT2D eigenvalue weighted by atomic mass is 9.90. The second-order valence-electron chi connectivity index (χ2n) is 6.91. The van der Waals surface area contributed by atoms with Crippen LogP contribution in [0.5, 0.6) is 0 Å². The Labute approximate surface area is 148 Å². The van der Waals surface area contributed by atoms with Crippen molar-refractivity contribution in [3.63, 3.8) is 0 Å². The molecule has 0 saturated carbocycles. The van der Waals surface area contributed by atoms with Crippen LogP contribution in [0.1, 0.15) is 42.0 Å². The van der Waals surface area contributed by atoms with Crippen LogP contribution in [0.3, 0.4) is 0 Å². The van der Waals surface area contributed by atoms with Gasteiger partial charge in [0.05, 0.1) is 6.54 Å². The number of carbonyl (C=O) groups is 1. The van der Waals surface area contributed by atoms with E-state index in [1.807, 2.05) is 27.4 Å². The fraction of sp³-hybridized carbons (Fsp3) is 0.667. The molecular formula is C18H28N4OS. The van der Waals surface area contributed by atoms with Crippen LogP contribution in [0.4, 0.5) is 0 Å². The topological polar surface area (TPSA) is 50.2 Å². The van der Waals surface area contributed by atoms with Crippen molar-refractivity contribution >= 4 is 17.7 Å². The minimum atomic E-state index is 0.111. The van der Waals surface area contributed by atoms with E-state index < -0.39 is 0 Å². The van der Waals surface area contributed by atoms with Gasteiger partial charge in [-0.15, -0.1) is 6.58 Å². The second-order valence-corrected chi connectivity index (χ2v) is 8.14. The second kappa shape index (κ2) is 7.74. The fourth-order valence-electron chi connectivity index (χ4n) is 3.66. The van der Waals surface area contributed by atoms with Gasteiger partial charge in [0.25, 0.3) is 5.91 Å². The largest absolute Gasteiger partial charge is 0.336 e. The summed E-state index contributed by atoms with van der Waals surface area (Å²) in [6.07, 6.45) is 4.83. The van der Waals surface area contributed by atoms with Gasteiger partial charge < -0.3 is 10.2 Å². The number of carbonyl (C=O) groups excluding carboxylic acids is 1. The summed E-state index contributed by atoms with van der Waals surface area (Å²) in [6, 6.07) is 0.889. The minimum Gasteiger partial charge on any atom is -0.336 e. The van der Waals surface area contributed by atoms with Gasteiger partial charge in [-0.25, -0.2) is 0 Å². The van der Waals surface area contributed by atoms with Crippen molar-refractivity contribution in [2.24, 2.45) is 0 Å². The monoisotopic (exact) mass is 348 g/mol.